The SMILES string of the molecule is CCc1ccccc1C(=O)Cc1cc(F)ccc1Br. The standard InChI is InChI=1S/C16H14BrFO/c1-2-11-5-3-4-6-14(11)16(19)10-12-9-13(18)7-8-15(12)17/h3-9H,2,10H2,1H3. The second-order valence-electron chi connectivity index (χ2n) is 4.35. The van der Waals surface area contributed by atoms with Crippen LogP contribution in [0.1, 0.15) is 28.4 Å². The Morgan fingerprint density at radius 1 is 1.16 bits per heavy atom. The van der Waals surface area contributed by atoms with Crippen molar-refractivity contribution in [1.29, 1.82) is 0 Å². The quantitative estimate of drug-likeness (QED) is 0.754. The van der Waals surface area contributed by atoms with Crippen LogP contribution in [0.5, 0.6) is 0 Å². The molecule has 0 aliphatic rings. The van der Waals surface area contributed by atoms with E-state index in [-0.39, 0.29) is 18.0 Å². The normalized spacial score (nSPS) is 10.5. The van der Waals surface area contributed by atoms with Gasteiger partial charge in [0.25, 0.3) is 0 Å². The molecule has 1 nitrogen and oxygen atoms in total. The smallest absolute Gasteiger partial charge is 0.167 e. The number of hydrogen-bond acceptors (Lipinski definition) is 1. The van der Waals surface area contributed by atoms with Crippen LogP contribution in [0.4, 0.5) is 4.39 Å². The Kier molecular flexibility index (Phi) is 4.48. The lowest BCUT2D eigenvalue weighted by Gasteiger charge is -2.08. The number of Topliss-reactive ketones (excluding diaryl/α,β-unsaturated/α-hetero) is 1. The van der Waals surface area contributed by atoms with E-state index in [1.807, 2.05) is 31.2 Å². The average molecular weight is 321 g/mol. The largest absolute Gasteiger partial charge is 0.294 e. The number of hydrogen-bond donors (Lipinski definition) is 0. The van der Waals surface area contributed by atoms with Crippen molar-refractivity contribution in [2.45, 2.75) is 19.8 Å². The van der Waals surface area contributed by atoms with E-state index >= 15 is 0 Å². The summed E-state index contributed by atoms with van der Waals surface area (Å²) in [6.07, 6.45) is 1.02. The van der Waals surface area contributed by atoms with Crippen LogP contribution in [0.2, 0.25) is 0 Å². The van der Waals surface area contributed by atoms with Gasteiger partial charge in [-0.15, -0.1) is 0 Å². The minimum absolute atomic E-state index is 0.0174. The summed E-state index contributed by atoms with van der Waals surface area (Å²) >= 11 is 3.35. The molecule has 0 bridgehead atoms. The number of carbonyl (C=O) groups excluding carboxylic acids is 1. The highest BCUT2D eigenvalue weighted by molar-refractivity contribution is 9.10. The topological polar surface area (TPSA) is 17.1 Å². The fraction of sp³-hybridized carbons (Fsp3) is 0.188. The van der Waals surface area contributed by atoms with Crippen molar-refractivity contribution in [3.05, 3.63) is 69.4 Å². The van der Waals surface area contributed by atoms with Crippen LogP contribution < -0.4 is 0 Å². The Hall–Kier alpha value is -1.48. The Labute approximate surface area is 120 Å². The molecule has 0 amide bonds. The molecular formula is C16H14BrFO. The lowest BCUT2D eigenvalue weighted by Crippen LogP contribution is -2.07. The van der Waals surface area contributed by atoms with Crippen LogP contribution in [0.15, 0.2) is 46.9 Å². The van der Waals surface area contributed by atoms with Gasteiger partial charge in [0, 0.05) is 16.5 Å². The number of benzene rings is 2. The summed E-state index contributed by atoms with van der Waals surface area (Å²) in [6.45, 7) is 2.02. The zero-order valence-electron chi connectivity index (χ0n) is 10.6. The van der Waals surface area contributed by atoms with Crippen LogP contribution in [0.25, 0.3) is 0 Å². The third kappa shape index (κ3) is 3.29. The maximum Gasteiger partial charge on any atom is 0.167 e. The second-order valence-corrected chi connectivity index (χ2v) is 5.20. The molecule has 0 aliphatic heterocycles. The zero-order valence-corrected chi connectivity index (χ0v) is 12.2. The van der Waals surface area contributed by atoms with E-state index in [1.165, 1.54) is 12.1 Å². The molecule has 0 saturated carbocycles. The number of carbonyl (C=O) groups is 1. The molecule has 2 rings (SSSR count). The minimum Gasteiger partial charge on any atom is -0.294 e. The minimum atomic E-state index is -0.324. The lowest BCUT2D eigenvalue weighted by molar-refractivity contribution is 0.0992. The first-order valence-corrected chi connectivity index (χ1v) is 6.96. The van der Waals surface area contributed by atoms with E-state index in [4.69, 9.17) is 0 Å². The van der Waals surface area contributed by atoms with Crippen LogP contribution in [0.3, 0.4) is 0 Å². The Bertz CT molecular complexity index is 607. The molecule has 0 heterocycles. The summed E-state index contributed by atoms with van der Waals surface area (Å²) < 4.78 is 14.0. The summed E-state index contributed by atoms with van der Waals surface area (Å²) in [5.41, 5.74) is 2.43. The maximum atomic E-state index is 13.2. The van der Waals surface area contributed by atoms with Crippen molar-refractivity contribution in [2.75, 3.05) is 0 Å². The Morgan fingerprint density at radius 3 is 2.63 bits per heavy atom. The number of ketones is 1. The molecule has 98 valence electrons. The van der Waals surface area contributed by atoms with Gasteiger partial charge in [0.1, 0.15) is 5.82 Å². The van der Waals surface area contributed by atoms with Gasteiger partial charge in [0.2, 0.25) is 0 Å². The second kappa shape index (κ2) is 6.11. The zero-order chi connectivity index (χ0) is 13.8. The summed E-state index contributed by atoms with van der Waals surface area (Å²) in [5.74, 6) is -0.307. The predicted octanol–water partition coefficient (Wildman–Crippen LogP) is 4.58. The van der Waals surface area contributed by atoms with E-state index < -0.39 is 0 Å². The molecule has 19 heavy (non-hydrogen) atoms. The first kappa shape index (κ1) is 13.9. The molecule has 3 heteroatoms. The van der Waals surface area contributed by atoms with Crippen molar-refractivity contribution >= 4 is 21.7 Å². The molecule has 0 spiro atoms. The van der Waals surface area contributed by atoms with Gasteiger partial charge in [-0.1, -0.05) is 47.1 Å². The van der Waals surface area contributed by atoms with Gasteiger partial charge in [-0.25, -0.2) is 4.39 Å². The number of aryl methyl sites for hydroxylation is 1. The molecule has 0 radical (unpaired) electrons. The molecule has 0 fully saturated rings. The van der Waals surface area contributed by atoms with Crippen molar-refractivity contribution in [2.24, 2.45) is 0 Å². The fourth-order valence-electron chi connectivity index (χ4n) is 2.05. The van der Waals surface area contributed by atoms with Crippen molar-refractivity contribution in [3.63, 3.8) is 0 Å². The summed E-state index contributed by atoms with van der Waals surface area (Å²) in [7, 11) is 0. The van der Waals surface area contributed by atoms with E-state index in [2.05, 4.69) is 15.9 Å². The van der Waals surface area contributed by atoms with Gasteiger partial charge in [-0.3, -0.25) is 4.79 Å². The van der Waals surface area contributed by atoms with Crippen molar-refractivity contribution < 1.29 is 9.18 Å². The van der Waals surface area contributed by atoms with E-state index in [0.29, 0.717) is 5.56 Å². The maximum absolute atomic E-state index is 13.2. The highest BCUT2D eigenvalue weighted by Gasteiger charge is 2.12. The molecule has 2 aromatic rings. The molecule has 2 aromatic carbocycles. The first-order chi connectivity index (χ1) is 9.11. The third-order valence-corrected chi connectivity index (χ3v) is 3.83. The van der Waals surface area contributed by atoms with Crippen molar-refractivity contribution in [1.82, 2.24) is 0 Å². The molecular weight excluding hydrogens is 307 g/mol. The number of rotatable bonds is 4. The van der Waals surface area contributed by atoms with E-state index in [9.17, 15) is 9.18 Å². The molecule has 0 atom stereocenters. The lowest BCUT2D eigenvalue weighted by atomic mass is 9.97. The molecule has 0 aromatic heterocycles. The van der Waals surface area contributed by atoms with Gasteiger partial charge in [-0.2, -0.15) is 0 Å². The van der Waals surface area contributed by atoms with Crippen LogP contribution in [0, 0.1) is 5.82 Å². The van der Waals surface area contributed by atoms with Gasteiger partial charge in [0.05, 0.1) is 0 Å². The van der Waals surface area contributed by atoms with Crippen molar-refractivity contribution in [3.8, 4) is 0 Å². The molecule has 0 saturated heterocycles. The first-order valence-electron chi connectivity index (χ1n) is 6.17. The summed E-state index contributed by atoms with van der Waals surface area (Å²) in [4.78, 5) is 12.3. The van der Waals surface area contributed by atoms with E-state index in [0.717, 1.165) is 22.0 Å². The summed E-state index contributed by atoms with van der Waals surface area (Å²) in [5, 5.41) is 0. The monoisotopic (exact) mass is 320 g/mol. The van der Waals surface area contributed by atoms with Gasteiger partial charge in [-0.05, 0) is 35.7 Å². The average Bonchev–Trinajstić information content (AvgIpc) is 2.42. The highest BCUT2D eigenvalue weighted by Crippen LogP contribution is 2.21. The molecule has 0 unspecified atom stereocenters. The van der Waals surface area contributed by atoms with Crippen LogP contribution in [-0.2, 0) is 12.8 Å². The van der Waals surface area contributed by atoms with Crippen LogP contribution in [-0.4, -0.2) is 5.78 Å². The van der Waals surface area contributed by atoms with Gasteiger partial charge < -0.3 is 0 Å². The number of halogens is 2. The van der Waals surface area contributed by atoms with Crippen LogP contribution >= 0.6 is 15.9 Å². The molecule has 0 N–H and O–H groups in total. The molecule has 0 aliphatic carbocycles. The van der Waals surface area contributed by atoms with E-state index in [1.54, 1.807) is 6.07 Å². The Balaban J connectivity index is 2.28. The fourth-order valence-corrected chi connectivity index (χ4v) is 2.43. The predicted molar refractivity (Wildman–Crippen MR) is 78.0 cm³/mol. The Morgan fingerprint density at radius 2 is 1.89 bits per heavy atom. The third-order valence-electron chi connectivity index (χ3n) is 3.06. The summed E-state index contributed by atoms with van der Waals surface area (Å²) in [6, 6.07) is 12.0. The highest BCUT2D eigenvalue weighted by atomic mass is 79.9. The van der Waals surface area contributed by atoms with Gasteiger partial charge in [0.15, 0.2) is 5.78 Å². The van der Waals surface area contributed by atoms with Gasteiger partial charge >= 0.3 is 0 Å².